The monoisotopic (exact) mass is 455 g/mol. The lowest BCUT2D eigenvalue weighted by Gasteiger charge is -2.14. The molecule has 6 heteroatoms. The summed E-state index contributed by atoms with van der Waals surface area (Å²) in [6.45, 7) is 5.69. The van der Waals surface area contributed by atoms with E-state index in [1.54, 1.807) is 0 Å². The van der Waals surface area contributed by atoms with Gasteiger partial charge in [0.15, 0.2) is 5.96 Å². The third kappa shape index (κ3) is 7.21. The van der Waals surface area contributed by atoms with Gasteiger partial charge in [-0.3, -0.25) is 4.99 Å². The molecule has 0 heterocycles. The Morgan fingerprint density at radius 3 is 2.44 bits per heavy atom. The molecule has 0 fully saturated rings. The number of anilines is 1. The van der Waals surface area contributed by atoms with Gasteiger partial charge in [0.05, 0.1) is 18.9 Å². The SMILES string of the molecule is CCOc1ccc(OCC)c(NC(N)=NCCc2ccccc2)c1.I. The van der Waals surface area contributed by atoms with E-state index in [9.17, 15) is 0 Å². The molecule has 2 aromatic carbocycles. The lowest BCUT2D eigenvalue weighted by atomic mass is 10.2. The van der Waals surface area contributed by atoms with Gasteiger partial charge >= 0.3 is 0 Å². The van der Waals surface area contributed by atoms with E-state index < -0.39 is 0 Å². The van der Waals surface area contributed by atoms with Crippen LogP contribution in [-0.2, 0) is 6.42 Å². The summed E-state index contributed by atoms with van der Waals surface area (Å²) in [4.78, 5) is 4.38. The van der Waals surface area contributed by atoms with Crippen molar-refractivity contribution in [2.75, 3.05) is 25.1 Å². The summed E-state index contributed by atoms with van der Waals surface area (Å²) in [7, 11) is 0. The van der Waals surface area contributed by atoms with Crippen LogP contribution in [0.25, 0.3) is 0 Å². The van der Waals surface area contributed by atoms with Gasteiger partial charge in [0.2, 0.25) is 0 Å². The smallest absolute Gasteiger partial charge is 0.193 e. The number of hydrogen-bond donors (Lipinski definition) is 2. The van der Waals surface area contributed by atoms with Crippen LogP contribution in [0, 0.1) is 0 Å². The highest BCUT2D eigenvalue weighted by atomic mass is 127. The molecule has 0 radical (unpaired) electrons. The molecule has 0 amide bonds. The van der Waals surface area contributed by atoms with E-state index in [2.05, 4.69) is 22.4 Å². The van der Waals surface area contributed by atoms with Crippen LogP contribution in [0.3, 0.4) is 0 Å². The minimum atomic E-state index is 0. The molecule has 0 unspecified atom stereocenters. The van der Waals surface area contributed by atoms with Crippen molar-refractivity contribution >= 4 is 35.6 Å². The molecule has 5 nitrogen and oxygen atoms in total. The van der Waals surface area contributed by atoms with Crippen LogP contribution in [0.1, 0.15) is 19.4 Å². The predicted molar refractivity (Wildman–Crippen MR) is 114 cm³/mol. The summed E-state index contributed by atoms with van der Waals surface area (Å²) in [6.07, 6.45) is 0.848. The highest BCUT2D eigenvalue weighted by Crippen LogP contribution is 2.29. The van der Waals surface area contributed by atoms with Gasteiger partial charge in [0.25, 0.3) is 0 Å². The molecule has 0 aromatic heterocycles. The third-order valence-electron chi connectivity index (χ3n) is 3.35. The van der Waals surface area contributed by atoms with Gasteiger partial charge in [-0.15, -0.1) is 24.0 Å². The Bertz CT molecular complexity index is 663. The van der Waals surface area contributed by atoms with Gasteiger partial charge in [-0.25, -0.2) is 0 Å². The van der Waals surface area contributed by atoms with Gasteiger partial charge in [-0.1, -0.05) is 30.3 Å². The minimum absolute atomic E-state index is 0. The zero-order chi connectivity index (χ0) is 17.2. The van der Waals surface area contributed by atoms with Gasteiger partial charge in [-0.05, 0) is 38.0 Å². The lowest BCUT2D eigenvalue weighted by molar-refractivity contribution is 0.332. The Morgan fingerprint density at radius 1 is 1.04 bits per heavy atom. The molecule has 25 heavy (non-hydrogen) atoms. The first kappa shape index (κ1) is 21.1. The van der Waals surface area contributed by atoms with Crippen molar-refractivity contribution in [3.63, 3.8) is 0 Å². The van der Waals surface area contributed by atoms with Crippen molar-refractivity contribution in [2.45, 2.75) is 20.3 Å². The number of aliphatic imine (C=N–C) groups is 1. The first-order valence-electron chi connectivity index (χ1n) is 8.23. The van der Waals surface area contributed by atoms with E-state index >= 15 is 0 Å². The Morgan fingerprint density at radius 2 is 1.76 bits per heavy atom. The average molecular weight is 455 g/mol. The maximum Gasteiger partial charge on any atom is 0.193 e. The fourth-order valence-electron chi connectivity index (χ4n) is 2.27. The molecule has 136 valence electrons. The average Bonchev–Trinajstić information content (AvgIpc) is 2.58. The highest BCUT2D eigenvalue weighted by molar-refractivity contribution is 14.0. The second-order valence-electron chi connectivity index (χ2n) is 5.15. The first-order valence-corrected chi connectivity index (χ1v) is 8.23. The third-order valence-corrected chi connectivity index (χ3v) is 3.35. The quantitative estimate of drug-likeness (QED) is 0.358. The van der Waals surface area contributed by atoms with Gasteiger partial charge in [-0.2, -0.15) is 0 Å². The van der Waals surface area contributed by atoms with Crippen LogP contribution < -0.4 is 20.5 Å². The van der Waals surface area contributed by atoms with Crippen LogP contribution in [0.2, 0.25) is 0 Å². The number of ether oxygens (including phenoxy) is 2. The number of nitrogens with zero attached hydrogens (tertiary/aromatic N) is 1. The Kier molecular flexibility index (Phi) is 9.76. The Labute approximate surface area is 166 Å². The largest absolute Gasteiger partial charge is 0.494 e. The summed E-state index contributed by atoms with van der Waals surface area (Å²) in [5.74, 6) is 1.85. The number of nitrogens with two attached hydrogens (primary N) is 1. The molecular weight excluding hydrogens is 429 g/mol. The zero-order valence-corrected chi connectivity index (χ0v) is 17.0. The highest BCUT2D eigenvalue weighted by Gasteiger charge is 2.07. The molecule has 0 aliphatic carbocycles. The number of halogens is 1. The summed E-state index contributed by atoms with van der Waals surface area (Å²) in [5, 5.41) is 3.10. The predicted octanol–water partition coefficient (Wildman–Crippen LogP) is 4.07. The first-order chi connectivity index (χ1) is 11.7. The summed E-state index contributed by atoms with van der Waals surface area (Å²) in [5.41, 5.74) is 7.99. The number of guanidine groups is 1. The maximum atomic E-state index is 6.00. The topological polar surface area (TPSA) is 68.9 Å². The van der Waals surface area contributed by atoms with Crippen LogP contribution in [-0.4, -0.2) is 25.7 Å². The van der Waals surface area contributed by atoms with Crippen molar-refractivity contribution in [3.8, 4) is 11.5 Å². The number of rotatable bonds is 8. The van der Waals surface area contributed by atoms with E-state index in [-0.39, 0.29) is 24.0 Å². The molecule has 0 spiro atoms. The van der Waals surface area contributed by atoms with Crippen LogP contribution in [0.4, 0.5) is 5.69 Å². The van der Waals surface area contributed by atoms with Crippen molar-refractivity contribution in [3.05, 3.63) is 54.1 Å². The molecular formula is C19H26IN3O2. The molecule has 3 N–H and O–H groups in total. The summed E-state index contributed by atoms with van der Waals surface area (Å²) in [6, 6.07) is 15.8. The van der Waals surface area contributed by atoms with Gasteiger partial charge < -0.3 is 20.5 Å². The van der Waals surface area contributed by atoms with Crippen LogP contribution in [0.5, 0.6) is 11.5 Å². The standard InChI is InChI=1S/C19H25N3O2.HI/c1-3-23-16-10-11-18(24-4-2)17(14-16)22-19(20)21-13-12-15-8-6-5-7-9-15;/h5-11,14H,3-4,12-13H2,1-2H3,(H3,20,21,22);1H. The molecule has 0 atom stereocenters. The Hall–Kier alpha value is -1.96. The number of hydrogen-bond acceptors (Lipinski definition) is 3. The van der Waals surface area contributed by atoms with E-state index in [0.29, 0.717) is 25.7 Å². The number of benzene rings is 2. The van der Waals surface area contributed by atoms with E-state index in [1.165, 1.54) is 5.56 Å². The molecule has 0 bridgehead atoms. The van der Waals surface area contributed by atoms with E-state index in [1.807, 2.05) is 50.2 Å². The summed E-state index contributed by atoms with van der Waals surface area (Å²) >= 11 is 0. The van der Waals surface area contributed by atoms with Crippen molar-refractivity contribution in [1.82, 2.24) is 0 Å². The molecule has 0 saturated heterocycles. The molecule has 0 saturated carbocycles. The van der Waals surface area contributed by atoms with E-state index in [4.69, 9.17) is 15.2 Å². The zero-order valence-electron chi connectivity index (χ0n) is 14.7. The van der Waals surface area contributed by atoms with Crippen molar-refractivity contribution < 1.29 is 9.47 Å². The molecule has 2 aromatic rings. The second kappa shape index (κ2) is 11.6. The fourth-order valence-corrected chi connectivity index (χ4v) is 2.27. The lowest BCUT2D eigenvalue weighted by Crippen LogP contribution is -2.23. The van der Waals surface area contributed by atoms with Crippen LogP contribution in [0.15, 0.2) is 53.5 Å². The van der Waals surface area contributed by atoms with Crippen molar-refractivity contribution in [2.24, 2.45) is 10.7 Å². The molecule has 2 rings (SSSR count). The van der Waals surface area contributed by atoms with Gasteiger partial charge in [0.1, 0.15) is 11.5 Å². The minimum Gasteiger partial charge on any atom is -0.494 e. The Balaban J connectivity index is 0.00000312. The van der Waals surface area contributed by atoms with Crippen LogP contribution >= 0.6 is 24.0 Å². The molecule has 0 aliphatic heterocycles. The van der Waals surface area contributed by atoms with Crippen molar-refractivity contribution in [1.29, 1.82) is 0 Å². The normalized spacial score (nSPS) is 10.7. The van der Waals surface area contributed by atoms with E-state index in [0.717, 1.165) is 23.6 Å². The number of nitrogens with one attached hydrogen (secondary N) is 1. The fraction of sp³-hybridized carbons (Fsp3) is 0.316. The second-order valence-corrected chi connectivity index (χ2v) is 5.15. The maximum absolute atomic E-state index is 6.00. The van der Waals surface area contributed by atoms with Gasteiger partial charge in [0, 0.05) is 12.6 Å². The summed E-state index contributed by atoms with van der Waals surface area (Å²) < 4.78 is 11.1. The molecule has 0 aliphatic rings.